The molecule has 1 saturated carbocycles. The maximum absolute atomic E-state index is 12.2. The molecule has 0 spiro atoms. The molecule has 10 heteroatoms. The summed E-state index contributed by atoms with van der Waals surface area (Å²) in [5.41, 5.74) is 0.503. The van der Waals surface area contributed by atoms with Crippen molar-refractivity contribution in [3.8, 4) is 5.75 Å². The number of rotatable bonds is 6. The van der Waals surface area contributed by atoms with Crippen LogP contribution in [0, 0.1) is 0 Å². The van der Waals surface area contributed by atoms with Crippen molar-refractivity contribution in [2.24, 2.45) is 0 Å². The number of nitrogens with zero attached hydrogens (tertiary/aromatic N) is 4. The second kappa shape index (κ2) is 8.26. The predicted octanol–water partition coefficient (Wildman–Crippen LogP) is 3.90. The zero-order valence-electron chi connectivity index (χ0n) is 13.9. The third-order valence-electron chi connectivity index (χ3n) is 4.25. The molecule has 1 aromatic heterocycles. The summed E-state index contributed by atoms with van der Waals surface area (Å²) in [6, 6.07) is 5.48. The molecule has 1 fully saturated rings. The molecule has 2 aromatic rings. The molecular weight excluding hydrogens is 369 g/mol. The highest BCUT2D eigenvalue weighted by atomic mass is 32.2. The molecule has 1 aliphatic rings. The molecule has 0 amide bonds. The lowest BCUT2D eigenvalue weighted by molar-refractivity contribution is -0.274. The minimum absolute atomic E-state index is 0.289. The van der Waals surface area contributed by atoms with Gasteiger partial charge in [-0.3, -0.25) is 0 Å². The van der Waals surface area contributed by atoms with Crippen molar-refractivity contribution in [2.45, 2.75) is 55.8 Å². The molecule has 1 N–H and O–H groups in total. The van der Waals surface area contributed by atoms with Crippen molar-refractivity contribution in [1.82, 2.24) is 20.2 Å². The minimum atomic E-state index is -4.73. The smallest absolute Gasteiger partial charge is 0.406 e. The van der Waals surface area contributed by atoms with Gasteiger partial charge in [0.25, 0.3) is 0 Å². The second-order valence-electron chi connectivity index (χ2n) is 6.14. The molecule has 1 aromatic carbocycles. The number of ether oxygens (including phenoxy) is 1. The van der Waals surface area contributed by atoms with E-state index in [0.29, 0.717) is 16.5 Å². The highest BCUT2D eigenvalue weighted by Crippen LogP contribution is 2.32. The van der Waals surface area contributed by atoms with Crippen LogP contribution in [0.3, 0.4) is 0 Å². The van der Waals surface area contributed by atoms with Gasteiger partial charge in [0.15, 0.2) is 0 Å². The van der Waals surface area contributed by atoms with Crippen LogP contribution in [0.2, 0.25) is 0 Å². The van der Waals surface area contributed by atoms with E-state index in [-0.39, 0.29) is 11.8 Å². The summed E-state index contributed by atoms with van der Waals surface area (Å²) in [5, 5.41) is 22.7. The van der Waals surface area contributed by atoms with Crippen LogP contribution in [0.5, 0.6) is 5.75 Å². The van der Waals surface area contributed by atoms with Crippen LogP contribution < -0.4 is 4.74 Å². The van der Waals surface area contributed by atoms with Crippen LogP contribution in [-0.2, 0) is 0 Å². The normalized spacial score (nSPS) is 17.2. The Morgan fingerprint density at radius 1 is 1.19 bits per heavy atom. The quantitative estimate of drug-likeness (QED) is 0.757. The monoisotopic (exact) mass is 388 g/mol. The second-order valence-corrected chi connectivity index (χ2v) is 7.13. The van der Waals surface area contributed by atoms with Crippen molar-refractivity contribution >= 4 is 11.8 Å². The lowest BCUT2D eigenvalue weighted by atomic mass is 9.96. The Morgan fingerprint density at radius 3 is 2.54 bits per heavy atom. The Kier molecular flexibility index (Phi) is 6.02. The van der Waals surface area contributed by atoms with Crippen molar-refractivity contribution in [3.05, 3.63) is 29.8 Å². The Morgan fingerprint density at radius 2 is 1.88 bits per heavy atom. The molecule has 1 atom stereocenters. The number of tetrazole rings is 1. The van der Waals surface area contributed by atoms with Crippen molar-refractivity contribution in [2.75, 3.05) is 5.75 Å². The molecular formula is C16H19F3N4O2S. The van der Waals surface area contributed by atoms with Gasteiger partial charge in [-0.15, -0.1) is 18.3 Å². The number of aliphatic hydroxyl groups is 1. The first-order valence-electron chi connectivity index (χ1n) is 8.37. The average molecular weight is 388 g/mol. The molecule has 0 aliphatic heterocycles. The fraction of sp³-hybridized carbons (Fsp3) is 0.562. The lowest BCUT2D eigenvalue weighted by Gasteiger charge is -2.22. The van der Waals surface area contributed by atoms with Gasteiger partial charge < -0.3 is 9.84 Å². The summed E-state index contributed by atoms with van der Waals surface area (Å²) < 4.78 is 42.2. The van der Waals surface area contributed by atoms with Gasteiger partial charge in [-0.05, 0) is 41.0 Å². The van der Waals surface area contributed by atoms with Gasteiger partial charge in [-0.2, -0.15) is 0 Å². The average Bonchev–Trinajstić information content (AvgIpc) is 3.08. The summed E-state index contributed by atoms with van der Waals surface area (Å²) in [4.78, 5) is 0. The Bertz CT molecular complexity index is 702. The molecule has 6 nitrogen and oxygen atoms in total. The molecule has 1 unspecified atom stereocenters. The van der Waals surface area contributed by atoms with Crippen LogP contribution in [-0.4, -0.2) is 37.4 Å². The van der Waals surface area contributed by atoms with Gasteiger partial charge in [-0.1, -0.05) is 43.2 Å². The summed E-state index contributed by atoms with van der Waals surface area (Å²) in [6.45, 7) is 0. The summed E-state index contributed by atoms with van der Waals surface area (Å²) in [7, 11) is 0. The summed E-state index contributed by atoms with van der Waals surface area (Å²) >= 11 is 1.33. The predicted molar refractivity (Wildman–Crippen MR) is 88.7 cm³/mol. The molecule has 0 radical (unpaired) electrons. The topological polar surface area (TPSA) is 73.1 Å². The lowest BCUT2D eigenvalue weighted by Crippen LogP contribution is -2.17. The van der Waals surface area contributed by atoms with Crippen molar-refractivity contribution in [3.63, 3.8) is 0 Å². The molecule has 142 valence electrons. The van der Waals surface area contributed by atoms with E-state index in [2.05, 4.69) is 20.3 Å². The minimum Gasteiger partial charge on any atom is -0.406 e. The first-order chi connectivity index (χ1) is 12.4. The van der Waals surface area contributed by atoms with Gasteiger partial charge in [0.05, 0.1) is 12.1 Å². The van der Waals surface area contributed by atoms with Gasteiger partial charge in [0, 0.05) is 5.75 Å². The maximum atomic E-state index is 12.2. The van der Waals surface area contributed by atoms with Crippen LogP contribution in [0.25, 0.3) is 0 Å². The highest BCUT2D eigenvalue weighted by Gasteiger charge is 2.31. The third kappa shape index (κ3) is 5.10. The molecule has 0 saturated heterocycles. The Balaban J connectivity index is 1.57. The van der Waals surface area contributed by atoms with E-state index in [1.807, 2.05) is 4.68 Å². The van der Waals surface area contributed by atoms with Crippen LogP contribution >= 0.6 is 11.8 Å². The SMILES string of the molecule is OC(CSc1nnnn1C1CCCCC1)c1ccc(OC(F)(F)F)cc1. The molecule has 1 heterocycles. The number of alkyl halides is 3. The van der Waals surface area contributed by atoms with Gasteiger partial charge in [0.1, 0.15) is 5.75 Å². The molecule has 26 heavy (non-hydrogen) atoms. The molecule has 1 aliphatic carbocycles. The first kappa shape index (κ1) is 19.0. The standard InChI is InChI=1S/C16H19F3N4O2S/c17-16(18,19)25-13-8-6-11(7-9-13)14(24)10-26-15-20-21-22-23(15)12-4-2-1-3-5-12/h6-9,12,14,24H,1-5,10H2. The fourth-order valence-electron chi connectivity index (χ4n) is 2.98. The highest BCUT2D eigenvalue weighted by molar-refractivity contribution is 7.99. The number of hydrogen-bond acceptors (Lipinski definition) is 6. The first-order valence-corrected chi connectivity index (χ1v) is 9.35. The van der Waals surface area contributed by atoms with Crippen LogP contribution in [0.15, 0.2) is 29.4 Å². The van der Waals surface area contributed by atoms with Crippen LogP contribution in [0.1, 0.15) is 49.8 Å². The summed E-state index contributed by atoms with van der Waals surface area (Å²) in [6.07, 6.45) is 0.0492. The number of aliphatic hydroxyl groups excluding tert-OH is 1. The Hall–Kier alpha value is -1.81. The number of thioether (sulfide) groups is 1. The van der Waals surface area contributed by atoms with Gasteiger partial charge in [0.2, 0.25) is 5.16 Å². The number of hydrogen-bond donors (Lipinski definition) is 1. The van der Waals surface area contributed by atoms with E-state index >= 15 is 0 Å². The Labute approximate surface area is 152 Å². The number of aromatic nitrogens is 4. The van der Waals surface area contributed by atoms with E-state index in [9.17, 15) is 18.3 Å². The van der Waals surface area contributed by atoms with E-state index < -0.39 is 12.5 Å². The van der Waals surface area contributed by atoms with Gasteiger partial charge >= 0.3 is 6.36 Å². The molecule has 3 rings (SSSR count). The zero-order chi connectivity index (χ0) is 18.6. The van der Waals surface area contributed by atoms with E-state index in [4.69, 9.17) is 0 Å². The van der Waals surface area contributed by atoms with E-state index in [1.165, 1.54) is 42.4 Å². The number of benzene rings is 1. The fourth-order valence-corrected chi connectivity index (χ4v) is 3.89. The van der Waals surface area contributed by atoms with Crippen LogP contribution in [0.4, 0.5) is 13.2 Å². The molecule has 0 bridgehead atoms. The number of halogens is 3. The van der Waals surface area contributed by atoms with Crippen molar-refractivity contribution in [1.29, 1.82) is 0 Å². The van der Waals surface area contributed by atoms with Gasteiger partial charge in [-0.25, -0.2) is 4.68 Å². The maximum Gasteiger partial charge on any atom is 0.573 e. The third-order valence-corrected chi connectivity index (χ3v) is 5.26. The van der Waals surface area contributed by atoms with Crippen molar-refractivity contribution < 1.29 is 23.0 Å². The zero-order valence-corrected chi connectivity index (χ0v) is 14.7. The summed E-state index contributed by atoms with van der Waals surface area (Å²) in [5.74, 6) is -0.0191. The van der Waals surface area contributed by atoms with E-state index in [0.717, 1.165) is 25.7 Å². The largest absolute Gasteiger partial charge is 0.573 e. The van der Waals surface area contributed by atoms with E-state index in [1.54, 1.807) is 0 Å².